The summed E-state index contributed by atoms with van der Waals surface area (Å²) in [4.78, 5) is 22.0. The van der Waals surface area contributed by atoms with Gasteiger partial charge in [0.15, 0.2) is 12.7 Å². The second-order valence-electron chi connectivity index (χ2n) is 5.01. The van der Waals surface area contributed by atoms with E-state index in [-0.39, 0.29) is 25.5 Å². The highest BCUT2D eigenvalue weighted by Crippen LogP contribution is 2.24. The first-order valence-electron chi connectivity index (χ1n) is 6.69. The van der Waals surface area contributed by atoms with E-state index in [9.17, 15) is 9.59 Å². The summed E-state index contributed by atoms with van der Waals surface area (Å²) >= 11 is 0. The first kappa shape index (κ1) is 17.0. The number of aryl methyl sites for hydroxylation is 3. The third-order valence-electron chi connectivity index (χ3n) is 2.98. The summed E-state index contributed by atoms with van der Waals surface area (Å²) in [7, 11) is 0. The van der Waals surface area contributed by atoms with Gasteiger partial charge in [0.05, 0.1) is 0 Å². The quantitative estimate of drug-likeness (QED) is 0.696. The summed E-state index contributed by atoms with van der Waals surface area (Å²) in [5, 5.41) is 20.1. The zero-order valence-electron chi connectivity index (χ0n) is 12.5. The van der Waals surface area contributed by atoms with Crippen LogP contribution in [0.25, 0.3) is 0 Å². The number of carboxylic acid groups (broad SMARTS) is 1. The average Bonchev–Trinajstić information content (AvgIpc) is 2.37. The van der Waals surface area contributed by atoms with Crippen LogP contribution in [0.15, 0.2) is 12.1 Å². The van der Waals surface area contributed by atoms with Crippen molar-refractivity contribution in [2.75, 3.05) is 13.2 Å². The van der Waals surface area contributed by atoms with Gasteiger partial charge in [0.1, 0.15) is 5.75 Å². The predicted octanol–water partition coefficient (Wildman–Crippen LogP) is 0.942. The Labute approximate surface area is 123 Å². The maximum absolute atomic E-state index is 11.6. The van der Waals surface area contributed by atoms with Crippen molar-refractivity contribution in [1.29, 1.82) is 0 Å². The zero-order valence-corrected chi connectivity index (χ0v) is 12.5. The van der Waals surface area contributed by atoms with Gasteiger partial charge in [0, 0.05) is 13.0 Å². The van der Waals surface area contributed by atoms with E-state index in [1.54, 1.807) is 0 Å². The lowest BCUT2D eigenvalue weighted by atomic mass is 10.1. The Hall–Kier alpha value is -2.08. The van der Waals surface area contributed by atoms with Crippen molar-refractivity contribution in [2.24, 2.45) is 0 Å². The van der Waals surface area contributed by atoms with Gasteiger partial charge in [-0.05, 0) is 31.9 Å². The lowest BCUT2D eigenvalue weighted by molar-refractivity contribution is -0.147. The Balaban J connectivity index is 2.42. The number of aliphatic hydroxyl groups excluding tert-OH is 1. The molecule has 0 heterocycles. The van der Waals surface area contributed by atoms with E-state index in [1.807, 2.05) is 32.9 Å². The summed E-state index contributed by atoms with van der Waals surface area (Å²) in [5.74, 6) is -0.973. The van der Waals surface area contributed by atoms with Gasteiger partial charge in [-0.1, -0.05) is 17.7 Å². The number of hydrogen-bond acceptors (Lipinski definition) is 4. The van der Waals surface area contributed by atoms with E-state index in [0.717, 1.165) is 16.7 Å². The minimum Gasteiger partial charge on any atom is -0.483 e. The number of carbonyl (C=O) groups excluding carboxylic acids is 1. The molecule has 1 aromatic rings. The van der Waals surface area contributed by atoms with Crippen molar-refractivity contribution in [3.05, 3.63) is 28.8 Å². The molecule has 1 unspecified atom stereocenters. The minimum atomic E-state index is -1.46. The topological polar surface area (TPSA) is 95.9 Å². The molecule has 1 rings (SSSR count). The molecular formula is C15H21NO5. The Morgan fingerprint density at radius 3 is 2.33 bits per heavy atom. The summed E-state index contributed by atoms with van der Waals surface area (Å²) in [6.07, 6.45) is -1.50. The largest absolute Gasteiger partial charge is 0.483 e. The number of amides is 1. The fraction of sp³-hybridized carbons (Fsp3) is 0.467. The van der Waals surface area contributed by atoms with Crippen LogP contribution in [0.5, 0.6) is 5.75 Å². The standard InChI is InChI=1S/C15H21NO5/c1-9-6-10(2)14(11(3)7-9)21-8-13(18)16-5-4-12(17)15(19)20/h6-7,12,17H,4-5,8H2,1-3H3,(H,16,18)(H,19,20). The van der Waals surface area contributed by atoms with Crippen molar-refractivity contribution >= 4 is 11.9 Å². The second-order valence-corrected chi connectivity index (χ2v) is 5.01. The Morgan fingerprint density at radius 2 is 1.81 bits per heavy atom. The molecule has 0 radical (unpaired) electrons. The molecule has 0 bridgehead atoms. The number of carbonyl (C=O) groups is 2. The molecule has 1 atom stereocenters. The van der Waals surface area contributed by atoms with E-state index in [1.165, 1.54) is 0 Å². The Bertz CT molecular complexity index is 504. The van der Waals surface area contributed by atoms with Crippen LogP contribution in [0.3, 0.4) is 0 Å². The smallest absolute Gasteiger partial charge is 0.332 e. The number of rotatable bonds is 7. The molecule has 0 aliphatic rings. The number of hydrogen-bond donors (Lipinski definition) is 3. The lowest BCUT2D eigenvalue weighted by Crippen LogP contribution is -2.33. The maximum atomic E-state index is 11.6. The third kappa shape index (κ3) is 5.43. The summed E-state index contributed by atoms with van der Waals surface area (Å²) < 4.78 is 5.50. The minimum absolute atomic E-state index is 0.0380. The van der Waals surface area contributed by atoms with Crippen LogP contribution in [-0.4, -0.2) is 41.3 Å². The molecule has 6 heteroatoms. The zero-order chi connectivity index (χ0) is 16.0. The molecule has 0 saturated heterocycles. The average molecular weight is 295 g/mol. The fourth-order valence-corrected chi connectivity index (χ4v) is 2.05. The van der Waals surface area contributed by atoms with Gasteiger partial charge in [-0.15, -0.1) is 0 Å². The van der Waals surface area contributed by atoms with Gasteiger partial charge in [0.25, 0.3) is 5.91 Å². The van der Waals surface area contributed by atoms with Crippen LogP contribution in [0.1, 0.15) is 23.1 Å². The third-order valence-corrected chi connectivity index (χ3v) is 2.98. The van der Waals surface area contributed by atoms with Gasteiger partial charge in [0.2, 0.25) is 0 Å². The van der Waals surface area contributed by atoms with Gasteiger partial charge < -0.3 is 20.3 Å². The lowest BCUT2D eigenvalue weighted by Gasteiger charge is -2.13. The van der Waals surface area contributed by atoms with E-state index in [0.29, 0.717) is 5.75 Å². The normalized spacial score (nSPS) is 11.8. The Morgan fingerprint density at radius 1 is 1.24 bits per heavy atom. The van der Waals surface area contributed by atoms with Gasteiger partial charge in [-0.2, -0.15) is 0 Å². The molecule has 1 amide bonds. The summed E-state index contributed by atoms with van der Waals surface area (Å²) in [6.45, 7) is 5.76. The SMILES string of the molecule is Cc1cc(C)c(OCC(=O)NCCC(O)C(=O)O)c(C)c1. The van der Waals surface area contributed by atoms with Crippen LogP contribution in [-0.2, 0) is 9.59 Å². The first-order chi connectivity index (χ1) is 9.81. The highest BCUT2D eigenvalue weighted by molar-refractivity contribution is 5.77. The molecule has 0 aromatic heterocycles. The molecule has 0 spiro atoms. The summed E-state index contributed by atoms with van der Waals surface area (Å²) in [6, 6.07) is 3.95. The van der Waals surface area contributed by atoms with E-state index in [4.69, 9.17) is 14.9 Å². The predicted molar refractivity (Wildman–Crippen MR) is 77.4 cm³/mol. The van der Waals surface area contributed by atoms with Crippen molar-refractivity contribution in [3.63, 3.8) is 0 Å². The Kier molecular flexibility index (Phi) is 6.17. The molecule has 116 valence electrons. The molecule has 0 saturated carbocycles. The molecule has 21 heavy (non-hydrogen) atoms. The van der Waals surface area contributed by atoms with Crippen molar-refractivity contribution < 1.29 is 24.5 Å². The van der Waals surface area contributed by atoms with Gasteiger partial charge in [-0.3, -0.25) is 4.79 Å². The number of carboxylic acids is 1. The van der Waals surface area contributed by atoms with Crippen LogP contribution < -0.4 is 10.1 Å². The molecule has 6 nitrogen and oxygen atoms in total. The number of ether oxygens (including phenoxy) is 1. The molecule has 1 aromatic carbocycles. The van der Waals surface area contributed by atoms with E-state index >= 15 is 0 Å². The van der Waals surface area contributed by atoms with Crippen molar-refractivity contribution in [2.45, 2.75) is 33.3 Å². The van der Waals surface area contributed by atoms with Crippen LogP contribution in [0.4, 0.5) is 0 Å². The molecule has 0 aliphatic carbocycles. The van der Waals surface area contributed by atoms with Crippen LogP contribution in [0, 0.1) is 20.8 Å². The number of aliphatic hydroxyl groups is 1. The van der Waals surface area contributed by atoms with E-state index < -0.39 is 12.1 Å². The van der Waals surface area contributed by atoms with Crippen LogP contribution in [0.2, 0.25) is 0 Å². The van der Waals surface area contributed by atoms with Gasteiger partial charge >= 0.3 is 5.97 Å². The fourth-order valence-electron chi connectivity index (χ4n) is 2.05. The molecule has 0 aliphatic heterocycles. The van der Waals surface area contributed by atoms with Crippen LogP contribution >= 0.6 is 0 Å². The monoisotopic (exact) mass is 295 g/mol. The van der Waals surface area contributed by atoms with Crippen molar-refractivity contribution in [3.8, 4) is 5.75 Å². The number of aliphatic carboxylic acids is 1. The number of nitrogens with one attached hydrogen (secondary N) is 1. The highest BCUT2D eigenvalue weighted by atomic mass is 16.5. The molecule has 0 fully saturated rings. The van der Waals surface area contributed by atoms with E-state index in [2.05, 4.69) is 5.32 Å². The molecular weight excluding hydrogens is 274 g/mol. The van der Waals surface area contributed by atoms with Gasteiger partial charge in [-0.25, -0.2) is 4.79 Å². The maximum Gasteiger partial charge on any atom is 0.332 e. The first-order valence-corrected chi connectivity index (χ1v) is 6.69. The summed E-state index contributed by atoms with van der Waals surface area (Å²) in [5.41, 5.74) is 3.05. The molecule has 3 N–H and O–H groups in total. The second kappa shape index (κ2) is 7.64. The number of benzene rings is 1. The van der Waals surface area contributed by atoms with Crippen molar-refractivity contribution in [1.82, 2.24) is 5.32 Å². The highest BCUT2D eigenvalue weighted by Gasteiger charge is 2.13.